The van der Waals surface area contributed by atoms with Crippen molar-refractivity contribution in [2.45, 2.75) is 49.3 Å². The van der Waals surface area contributed by atoms with E-state index in [0.717, 1.165) is 63.3 Å². The zero-order chi connectivity index (χ0) is 58.5. The van der Waals surface area contributed by atoms with Gasteiger partial charge in [-0.1, -0.05) is 228 Å². The number of ketones is 1. The highest BCUT2D eigenvalue weighted by Crippen LogP contribution is 2.35. The van der Waals surface area contributed by atoms with Crippen LogP contribution in [0.25, 0.3) is 43.6 Å². The van der Waals surface area contributed by atoms with Gasteiger partial charge in [0.05, 0.1) is 5.03 Å². The van der Waals surface area contributed by atoms with E-state index in [2.05, 4.69) is 213 Å². The van der Waals surface area contributed by atoms with Crippen molar-refractivity contribution in [2.75, 3.05) is 0 Å². The molecule has 0 aliphatic rings. The lowest BCUT2D eigenvalue weighted by Gasteiger charge is -2.11. The second-order valence-electron chi connectivity index (χ2n) is 20.8. The number of nitrogens with zero attached hydrogens (tertiary/aromatic N) is 3. The lowest BCUT2D eigenvalue weighted by Crippen LogP contribution is -2.04. The fourth-order valence-electron chi connectivity index (χ4n) is 10.7. The van der Waals surface area contributed by atoms with Gasteiger partial charge in [0.2, 0.25) is 0 Å². The monoisotopic (exact) mass is 1200 g/mol. The third-order valence-corrected chi connectivity index (χ3v) is 16.7. The first-order valence-corrected chi connectivity index (χ1v) is 30.4. The molecule has 4 aromatic heterocycles. The number of hydrogen-bond acceptors (Lipinski definition) is 2. The highest BCUT2D eigenvalue weighted by Gasteiger charge is 2.17. The number of halogens is 4. The molecular weight excluding hydrogens is 1150 g/mol. The van der Waals surface area contributed by atoms with Crippen LogP contribution in [0.1, 0.15) is 56.5 Å². The van der Waals surface area contributed by atoms with Crippen LogP contribution >= 0.6 is 58.2 Å². The number of fused-ring (bicyclic) bond motifs is 4. The Bertz CT molecular complexity index is 4320. The SMILES string of the molecule is CC(=O)c1c(Cc2ccccc2)[nH]c2ccc(Cl)cc12.Clc1ccc2c(c1)cc(Cc1ccccc1)n2Cc1ccccc1.Clc1ccc2c(c1)cc(Sc1ccccc1)n2Cc1ccccc1.Clc1ccc2c(ccn2Cc2ccccc2)c1. The summed E-state index contributed by atoms with van der Waals surface area (Å²) in [6.45, 7) is 4.21. The molecule has 0 radical (unpaired) electrons. The Kier molecular flexibility index (Phi) is 19.2. The molecule has 5 nitrogen and oxygen atoms in total. The standard InChI is InChI=1S/C22H18ClN.C21H16ClNS.C17H14ClNO.C15H12ClN/c23-20-11-12-22-19(14-20)15-21(13-17-7-3-1-4-8-17)24(22)16-18-9-5-2-6-10-18;22-18-11-12-20-17(13-18)14-21(24-19-9-5-2-6-10-19)23(20)15-16-7-3-1-4-8-16;1-11(20)17-14-10-13(18)7-8-15(14)19-16(17)9-12-5-3-2-4-6-12;16-14-6-7-15-13(10-14)8-9-17(15)11-12-4-2-1-3-5-12/h1-12,14-15H,13,16H2;1-14H,15H2;2-8,10,19H,9H2,1H3;1-10H,11H2. The molecule has 0 amide bonds. The van der Waals surface area contributed by atoms with Crippen LogP contribution in [-0.2, 0) is 32.5 Å². The first kappa shape index (κ1) is 58.3. The summed E-state index contributed by atoms with van der Waals surface area (Å²) in [5.74, 6) is 0.0597. The number of aromatic amines is 1. The van der Waals surface area contributed by atoms with Crippen molar-refractivity contribution in [3.8, 4) is 0 Å². The molecule has 0 unspecified atom stereocenters. The number of carbonyl (C=O) groups excluding carboxylic acids is 1. The molecule has 0 atom stereocenters. The number of aromatic nitrogens is 4. The van der Waals surface area contributed by atoms with Crippen molar-refractivity contribution in [2.24, 2.45) is 0 Å². The Hall–Kier alpha value is -8.46. The summed E-state index contributed by atoms with van der Waals surface area (Å²) in [5.41, 5.74) is 14.0. The molecule has 0 aliphatic carbocycles. The van der Waals surface area contributed by atoms with Gasteiger partial charge in [0.25, 0.3) is 0 Å². The van der Waals surface area contributed by atoms with Crippen LogP contribution in [0.4, 0.5) is 0 Å². The van der Waals surface area contributed by atoms with E-state index in [1.54, 1.807) is 18.7 Å². The maximum absolute atomic E-state index is 12.0. The summed E-state index contributed by atoms with van der Waals surface area (Å²) in [6, 6.07) is 93.2. The molecule has 0 spiro atoms. The van der Waals surface area contributed by atoms with E-state index in [0.29, 0.717) is 11.4 Å². The van der Waals surface area contributed by atoms with Crippen LogP contribution < -0.4 is 0 Å². The lowest BCUT2D eigenvalue weighted by atomic mass is 10.0. The maximum Gasteiger partial charge on any atom is 0.162 e. The maximum atomic E-state index is 12.0. The van der Waals surface area contributed by atoms with Gasteiger partial charge >= 0.3 is 0 Å². The average Bonchev–Trinajstić information content (AvgIpc) is 3.40. The number of Topliss-reactive ketones (excluding diaryl/α,β-unsaturated/α-hetero) is 1. The van der Waals surface area contributed by atoms with Gasteiger partial charge < -0.3 is 18.7 Å². The predicted octanol–water partition coefficient (Wildman–Crippen LogP) is 21.4. The van der Waals surface area contributed by atoms with E-state index in [1.807, 2.05) is 84.9 Å². The van der Waals surface area contributed by atoms with E-state index >= 15 is 0 Å². The summed E-state index contributed by atoms with van der Waals surface area (Å²) < 4.78 is 6.99. The number of nitrogens with one attached hydrogen (secondary N) is 1. The van der Waals surface area contributed by atoms with Gasteiger partial charge in [-0.15, -0.1) is 0 Å². The summed E-state index contributed by atoms with van der Waals surface area (Å²) in [4.78, 5) is 16.6. The van der Waals surface area contributed by atoms with Gasteiger partial charge in [-0.05, 0) is 138 Å². The van der Waals surface area contributed by atoms with E-state index in [1.165, 1.54) is 76.1 Å². The topological polar surface area (TPSA) is 47.6 Å². The Balaban J connectivity index is 0.000000119. The fraction of sp³-hybridized carbons (Fsp3) is 0.0800. The molecule has 420 valence electrons. The van der Waals surface area contributed by atoms with Gasteiger partial charge in [-0.3, -0.25) is 4.79 Å². The molecule has 10 aromatic carbocycles. The Morgan fingerprint density at radius 1 is 0.412 bits per heavy atom. The second-order valence-corrected chi connectivity index (χ2v) is 23.6. The molecule has 0 saturated heterocycles. The summed E-state index contributed by atoms with van der Waals surface area (Å²) in [6.07, 6.45) is 3.73. The number of benzene rings is 10. The van der Waals surface area contributed by atoms with Crippen molar-refractivity contribution in [1.29, 1.82) is 0 Å². The van der Waals surface area contributed by atoms with Crippen LogP contribution in [0.5, 0.6) is 0 Å². The van der Waals surface area contributed by atoms with Crippen LogP contribution in [0.3, 0.4) is 0 Å². The van der Waals surface area contributed by atoms with Crippen LogP contribution in [0.15, 0.2) is 289 Å². The van der Waals surface area contributed by atoms with Crippen LogP contribution in [-0.4, -0.2) is 24.5 Å². The minimum Gasteiger partial charge on any atom is -0.357 e. The summed E-state index contributed by atoms with van der Waals surface area (Å²) >= 11 is 26.2. The first-order chi connectivity index (χ1) is 41.6. The number of hydrogen-bond donors (Lipinski definition) is 1. The van der Waals surface area contributed by atoms with E-state index < -0.39 is 0 Å². The van der Waals surface area contributed by atoms with Gasteiger partial charge in [0.1, 0.15) is 0 Å². The predicted molar refractivity (Wildman–Crippen MR) is 360 cm³/mol. The number of carbonyl (C=O) groups is 1. The third kappa shape index (κ3) is 15.1. The van der Waals surface area contributed by atoms with E-state index in [9.17, 15) is 4.79 Å². The molecule has 0 fully saturated rings. The first-order valence-electron chi connectivity index (χ1n) is 28.1. The minimum atomic E-state index is 0.0597. The zero-order valence-corrected chi connectivity index (χ0v) is 50.6. The number of H-pyrrole nitrogens is 1. The molecule has 0 saturated carbocycles. The molecule has 14 rings (SSSR count). The quantitative estimate of drug-likeness (QED) is 0.117. The van der Waals surface area contributed by atoms with Crippen molar-refractivity contribution in [3.05, 3.63) is 344 Å². The van der Waals surface area contributed by atoms with Gasteiger partial charge in [0, 0.05) is 124 Å². The fourth-order valence-corrected chi connectivity index (χ4v) is 12.4. The van der Waals surface area contributed by atoms with Crippen molar-refractivity contribution in [3.63, 3.8) is 0 Å². The molecule has 4 heterocycles. The van der Waals surface area contributed by atoms with Crippen molar-refractivity contribution >= 4 is 108 Å². The molecule has 0 bridgehead atoms. The van der Waals surface area contributed by atoms with Gasteiger partial charge in [-0.25, -0.2) is 0 Å². The second kappa shape index (κ2) is 28.0. The van der Waals surface area contributed by atoms with Crippen molar-refractivity contribution in [1.82, 2.24) is 18.7 Å². The number of rotatable bonds is 13. The highest BCUT2D eigenvalue weighted by atomic mass is 35.5. The molecule has 0 aliphatic heterocycles. The van der Waals surface area contributed by atoms with Crippen molar-refractivity contribution < 1.29 is 4.79 Å². The molecule has 10 heteroatoms. The third-order valence-electron chi connectivity index (χ3n) is 14.7. The molecule has 14 aromatic rings. The zero-order valence-electron chi connectivity index (χ0n) is 46.8. The molecular formula is C75H60Cl4N4OS. The normalized spacial score (nSPS) is 11.0. The van der Waals surface area contributed by atoms with Gasteiger partial charge in [-0.2, -0.15) is 0 Å². The Labute approximate surface area is 520 Å². The lowest BCUT2D eigenvalue weighted by molar-refractivity contribution is 0.101. The summed E-state index contributed by atoms with van der Waals surface area (Å²) in [7, 11) is 0. The average molecular weight is 1210 g/mol. The largest absolute Gasteiger partial charge is 0.357 e. The van der Waals surface area contributed by atoms with E-state index in [-0.39, 0.29) is 5.78 Å². The van der Waals surface area contributed by atoms with Crippen LogP contribution in [0.2, 0.25) is 20.1 Å². The smallest absolute Gasteiger partial charge is 0.162 e. The Morgan fingerprint density at radius 2 is 0.847 bits per heavy atom. The Morgan fingerprint density at radius 3 is 1.40 bits per heavy atom. The highest BCUT2D eigenvalue weighted by molar-refractivity contribution is 7.99. The summed E-state index contributed by atoms with van der Waals surface area (Å²) in [5, 5.41) is 8.68. The minimum absolute atomic E-state index is 0.0597. The molecule has 85 heavy (non-hydrogen) atoms. The van der Waals surface area contributed by atoms with E-state index in [4.69, 9.17) is 46.4 Å². The molecule has 1 N–H and O–H groups in total. The van der Waals surface area contributed by atoms with Gasteiger partial charge in [0.15, 0.2) is 5.78 Å². The van der Waals surface area contributed by atoms with Crippen LogP contribution in [0, 0.1) is 0 Å².